The van der Waals surface area contributed by atoms with Gasteiger partial charge in [-0.05, 0) is 93.3 Å². The number of aliphatic hydroxyl groups is 2. The second kappa shape index (κ2) is 15.4. The lowest BCUT2D eigenvalue weighted by Gasteiger charge is -2.18. The van der Waals surface area contributed by atoms with Crippen LogP contribution in [-0.2, 0) is 17.8 Å². The van der Waals surface area contributed by atoms with Crippen molar-refractivity contribution in [2.75, 3.05) is 25.1 Å². The minimum Gasteiger partial charge on any atom is -0.508 e. The monoisotopic (exact) mass is 487 g/mol. The summed E-state index contributed by atoms with van der Waals surface area (Å²) in [6.45, 7) is 5.72. The van der Waals surface area contributed by atoms with E-state index >= 15 is 0 Å². The summed E-state index contributed by atoms with van der Waals surface area (Å²) in [6, 6.07) is 10.5. The molecule has 2 aromatic rings. The molecule has 194 valence electrons. The van der Waals surface area contributed by atoms with Crippen LogP contribution >= 0.6 is 0 Å². The van der Waals surface area contributed by atoms with Crippen LogP contribution in [0.25, 0.3) is 0 Å². The Hall–Kier alpha value is -2.65. The van der Waals surface area contributed by atoms with Crippen LogP contribution in [0.4, 0.5) is 10.5 Å². The predicted octanol–water partition coefficient (Wildman–Crippen LogP) is 3.90. The van der Waals surface area contributed by atoms with E-state index in [9.17, 15) is 20.1 Å². The fourth-order valence-electron chi connectivity index (χ4n) is 3.98. The number of benzene rings is 2. The Balaban J connectivity index is 1.52. The normalized spacial score (nSPS) is 12.9. The number of aliphatic hydroxyl groups excluding tert-OH is 2. The molecule has 0 saturated heterocycles. The van der Waals surface area contributed by atoms with Gasteiger partial charge in [-0.1, -0.05) is 12.1 Å². The van der Waals surface area contributed by atoms with Gasteiger partial charge in [-0.25, -0.2) is 4.79 Å². The first-order chi connectivity index (χ1) is 16.8. The van der Waals surface area contributed by atoms with Gasteiger partial charge in [0.1, 0.15) is 5.75 Å². The maximum absolute atomic E-state index is 11.0. The minimum atomic E-state index is -0.697. The number of hydrogen-bond donors (Lipinski definition) is 6. The van der Waals surface area contributed by atoms with Crippen molar-refractivity contribution >= 4 is 11.7 Å². The number of urea groups is 1. The van der Waals surface area contributed by atoms with E-state index < -0.39 is 12.1 Å². The van der Waals surface area contributed by atoms with Crippen molar-refractivity contribution in [3.05, 3.63) is 58.7 Å². The molecule has 2 atom stereocenters. The molecule has 2 unspecified atom stereocenters. The van der Waals surface area contributed by atoms with Crippen LogP contribution in [0.5, 0.6) is 5.75 Å². The molecule has 0 fully saturated rings. The van der Waals surface area contributed by atoms with Crippen LogP contribution in [0.3, 0.4) is 0 Å². The first-order valence-electron chi connectivity index (χ1n) is 12.4. The number of carbonyl (C=O) groups excluding carboxylic acids is 1. The maximum Gasteiger partial charge on any atom is 0.316 e. The topological polar surface area (TPSA) is 137 Å². The summed E-state index contributed by atoms with van der Waals surface area (Å²) in [7, 11) is 0. The van der Waals surface area contributed by atoms with Gasteiger partial charge in [0.05, 0.1) is 12.7 Å². The lowest BCUT2D eigenvalue weighted by Crippen LogP contribution is -2.30. The third-order valence-electron chi connectivity index (χ3n) is 5.90. The second-order valence-corrected chi connectivity index (χ2v) is 9.13. The van der Waals surface area contributed by atoms with E-state index in [1.807, 2.05) is 19.1 Å². The summed E-state index contributed by atoms with van der Waals surface area (Å²) in [5, 5.41) is 35.2. The van der Waals surface area contributed by atoms with Crippen molar-refractivity contribution in [3.63, 3.8) is 0 Å². The third kappa shape index (κ3) is 11.1. The number of nitrogens with two attached hydrogens (primary N) is 1. The number of rotatable bonds is 16. The molecule has 35 heavy (non-hydrogen) atoms. The van der Waals surface area contributed by atoms with Crippen LogP contribution in [0.2, 0.25) is 0 Å². The molecule has 2 aromatic carbocycles. The number of aromatic hydroxyl groups is 1. The van der Waals surface area contributed by atoms with E-state index in [1.54, 1.807) is 12.1 Å². The highest BCUT2D eigenvalue weighted by molar-refractivity contribution is 5.87. The van der Waals surface area contributed by atoms with Crippen molar-refractivity contribution in [2.24, 2.45) is 5.73 Å². The summed E-state index contributed by atoms with van der Waals surface area (Å²) in [5.74, 6) is 0.0338. The Morgan fingerprint density at radius 2 is 1.83 bits per heavy atom. The summed E-state index contributed by atoms with van der Waals surface area (Å²) in [5.41, 5.74) is 9.29. The fourth-order valence-corrected chi connectivity index (χ4v) is 3.98. The number of aryl methyl sites for hydroxylation is 2. The Labute approximate surface area is 208 Å². The van der Waals surface area contributed by atoms with Gasteiger partial charge in [0.15, 0.2) is 0 Å². The zero-order chi connectivity index (χ0) is 25.6. The zero-order valence-electron chi connectivity index (χ0n) is 20.9. The lowest BCUT2D eigenvalue weighted by molar-refractivity contribution is 0.125. The van der Waals surface area contributed by atoms with Crippen molar-refractivity contribution < 1.29 is 24.9 Å². The van der Waals surface area contributed by atoms with Crippen molar-refractivity contribution in [3.8, 4) is 5.75 Å². The Morgan fingerprint density at radius 1 is 1.09 bits per heavy atom. The van der Waals surface area contributed by atoms with Crippen molar-refractivity contribution in [1.29, 1.82) is 0 Å². The molecule has 2 amide bonds. The Kier molecular flexibility index (Phi) is 12.6. The van der Waals surface area contributed by atoms with Crippen LogP contribution in [0, 0.1) is 6.92 Å². The highest BCUT2D eigenvalue weighted by Crippen LogP contribution is 2.22. The molecule has 8 nitrogen and oxygen atoms in total. The number of anilines is 1. The smallest absolute Gasteiger partial charge is 0.316 e. The van der Waals surface area contributed by atoms with E-state index in [1.165, 1.54) is 11.6 Å². The van der Waals surface area contributed by atoms with Crippen LogP contribution in [0.1, 0.15) is 67.4 Å². The molecule has 0 aromatic heterocycles. The zero-order valence-corrected chi connectivity index (χ0v) is 20.9. The number of unbranched alkanes of at least 4 members (excludes halogenated alkanes) is 2. The molecule has 8 heteroatoms. The minimum absolute atomic E-state index is 0.0338. The molecule has 0 bridgehead atoms. The predicted molar refractivity (Wildman–Crippen MR) is 138 cm³/mol. The molecule has 7 N–H and O–H groups in total. The van der Waals surface area contributed by atoms with E-state index in [0.717, 1.165) is 63.0 Å². The van der Waals surface area contributed by atoms with Gasteiger partial charge < -0.3 is 36.4 Å². The molecule has 0 aliphatic carbocycles. The number of amides is 2. The molecule has 0 radical (unpaired) electrons. The van der Waals surface area contributed by atoms with Gasteiger partial charge in [-0.3, -0.25) is 0 Å². The largest absolute Gasteiger partial charge is 0.508 e. The van der Waals surface area contributed by atoms with Crippen LogP contribution in [0.15, 0.2) is 36.4 Å². The third-order valence-corrected chi connectivity index (χ3v) is 5.90. The first-order valence-corrected chi connectivity index (χ1v) is 12.4. The number of nitrogens with one attached hydrogen (secondary N) is 2. The van der Waals surface area contributed by atoms with Gasteiger partial charge in [-0.15, -0.1) is 0 Å². The van der Waals surface area contributed by atoms with Gasteiger partial charge in [0.25, 0.3) is 0 Å². The number of phenols is 1. The van der Waals surface area contributed by atoms with Gasteiger partial charge in [0.2, 0.25) is 0 Å². The van der Waals surface area contributed by atoms with Gasteiger partial charge in [0, 0.05) is 37.1 Å². The highest BCUT2D eigenvalue weighted by atomic mass is 16.5. The molecular weight excluding hydrogens is 446 g/mol. The summed E-state index contributed by atoms with van der Waals surface area (Å²) < 4.78 is 5.77. The van der Waals surface area contributed by atoms with Crippen molar-refractivity contribution in [2.45, 2.75) is 71.1 Å². The van der Waals surface area contributed by atoms with E-state index in [-0.39, 0.29) is 18.4 Å². The number of ether oxygens (including phenoxy) is 1. The molecule has 0 saturated carbocycles. The fraction of sp³-hybridized carbons (Fsp3) is 0.519. The maximum atomic E-state index is 11.0. The number of carbonyl (C=O) groups is 1. The summed E-state index contributed by atoms with van der Waals surface area (Å²) in [6.07, 6.45) is 5.25. The highest BCUT2D eigenvalue weighted by Gasteiger charge is 2.12. The Bertz CT molecular complexity index is 922. The quantitative estimate of drug-likeness (QED) is 0.199. The van der Waals surface area contributed by atoms with Crippen molar-refractivity contribution in [1.82, 2.24) is 5.32 Å². The van der Waals surface area contributed by atoms with E-state index in [4.69, 9.17) is 10.5 Å². The molecule has 0 heterocycles. The van der Waals surface area contributed by atoms with E-state index in [0.29, 0.717) is 17.7 Å². The SMILES string of the molecule is Cc1cc(CCCCOCCCCC(C)NCC(O)c2ccc(O)c(CO)c2)cc(NC(N)=O)c1. The molecule has 2 rings (SSSR count). The van der Waals surface area contributed by atoms with Gasteiger partial charge in [-0.2, -0.15) is 0 Å². The average Bonchev–Trinajstić information content (AvgIpc) is 2.81. The number of primary amides is 1. The summed E-state index contributed by atoms with van der Waals surface area (Å²) >= 11 is 0. The number of hydrogen-bond acceptors (Lipinski definition) is 6. The Morgan fingerprint density at radius 3 is 2.54 bits per heavy atom. The molecular formula is C27H41N3O5. The second-order valence-electron chi connectivity index (χ2n) is 9.13. The lowest BCUT2D eigenvalue weighted by atomic mass is 10.0. The molecule has 0 spiro atoms. The average molecular weight is 488 g/mol. The molecule has 0 aliphatic rings. The standard InChI is InChI=1S/C27H41N3O5/c1-19-13-21(15-24(14-19)30-27(28)34)8-4-6-12-35-11-5-3-7-20(2)29-17-26(33)22-9-10-25(32)23(16-22)18-31/h9-10,13-16,20,26,29,31-33H,3-8,11-12,17-18H2,1-2H3,(H3,28,30,34). The van der Waals surface area contributed by atoms with E-state index in [2.05, 4.69) is 23.6 Å². The van der Waals surface area contributed by atoms with Gasteiger partial charge >= 0.3 is 6.03 Å². The van der Waals surface area contributed by atoms with Crippen LogP contribution < -0.4 is 16.4 Å². The summed E-state index contributed by atoms with van der Waals surface area (Å²) in [4.78, 5) is 11.0. The first kappa shape index (κ1) is 28.6. The molecule has 0 aliphatic heterocycles. The van der Waals surface area contributed by atoms with Crippen LogP contribution in [-0.4, -0.2) is 47.2 Å².